The normalized spacial score (nSPS) is 27.4. The molecule has 28 heavy (non-hydrogen) atoms. The summed E-state index contributed by atoms with van der Waals surface area (Å²) in [6, 6.07) is 0. The van der Waals surface area contributed by atoms with Crippen molar-refractivity contribution in [3.8, 4) is 0 Å². The van der Waals surface area contributed by atoms with Crippen molar-refractivity contribution in [3.63, 3.8) is 0 Å². The first-order chi connectivity index (χ1) is 13.5. The van der Waals surface area contributed by atoms with Gasteiger partial charge in [-0.1, -0.05) is 0 Å². The highest BCUT2D eigenvalue weighted by molar-refractivity contribution is 7.09. The zero-order valence-corrected chi connectivity index (χ0v) is 17.1. The molecule has 0 aromatic carbocycles. The molecular formula is C20H25N5O2S. The second-order valence-corrected chi connectivity index (χ2v) is 9.56. The monoisotopic (exact) mass is 399 g/mol. The SMILES string of the molecule is Cc1nc(CN2CC[C@@]3(CN(C(=O)C4CC4)C[C@@H]3c3cn(C)cn3)C2=O)cs1. The smallest absolute Gasteiger partial charge is 0.231 e. The van der Waals surface area contributed by atoms with Crippen LogP contribution in [-0.2, 0) is 23.2 Å². The van der Waals surface area contributed by atoms with Crippen LogP contribution in [0.4, 0.5) is 0 Å². The van der Waals surface area contributed by atoms with Gasteiger partial charge in [0.1, 0.15) is 0 Å². The molecule has 1 aliphatic carbocycles. The molecule has 2 atom stereocenters. The Hall–Kier alpha value is -2.22. The molecule has 2 aliphatic heterocycles. The highest BCUT2D eigenvalue weighted by atomic mass is 32.1. The second-order valence-electron chi connectivity index (χ2n) is 8.50. The van der Waals surface area contributed by atoms with E-state index in [-0.39, 0.29) is 23.7 Å². The molecule has 8 heteroatoms. The Morgan fingerprint density at radius 2 is 2.21 bits per heavy atom. The van der Waals surface area contributed by atoms with Crippen molar-refractivity contribution in [2.75, 3.05) is 19.6 Å². The van der Waals surface area contributed by atoms with Gasteiger partial charge in [0, 0.05) is 50.1 Å². The van der Waals surface area contributed by atoms with Crippen LogP contribution in [0.3, 0.4) is 0 Å². The number of aromatic nitrogens is 3. The van der Waals surface area contributed by atoms with Crippen molar-refractivity contribution < 1.29 is 9.59 Å². The predicted octanol–water partition coefficient (Wildman–Crippen LogP) is 1.94. The van der Waals surface area contributed by atoms with Gasteiger partial charge < -0.3 is 14.4 Å². The summed E-state index contributed by atoms with van der Waals surface area (Å²) in [4.78, 5) is 39.3. The summed E-state index contributed by atoms with van der Waals surface area (Å²) in [6.45, 7) is 4.37. The topological polar surface area (TPSA) is 71.3 Å². The summed E-state index contributed by atoms with van der Waals surface area (Å²) in [5.41, 5.74) is 1.32. The number of imidazole rings is 1. The first kappa shape index (κ1) is 17.8. The van der Waals surface area contributed by atoms with Crippen LogP contribution in [0.5, 0.6) is 0 Å². The molecule has 5 rings (SSSR count). The number of rotatable bonds is 4. The van der Waals surface area contributed by atoms with Gasteiger partial charge in [-0.2, -0.15) is 0 Å². The lowest BCUT2D eigenvalue weighted by Gasteiger charge is -2.27. The lowest BCUT2D eigenvalue weighted by molar-refractivity contribution is -0.137. The molecule has 2 aromatic heterocycles. The van der Waals surface area contributed by atoms with E-state index in [1.54, 1.807) is 17.7 Å². The summed E-state index contributed by atoms with van der Waals surface area (Å²) in [6.07, 6.45) is 6.52. The minimum atomic E-state index is -0.552. The number of carbonyl (C=O) groups excluding carboxylic acids is 2. The summed E-state index contributed by atoms with van der Waals surface area (Å²) < 4.78 is 1.92. The van der Waals surface area contributed by atoms with Crippen molar-refractivity contribution in [1.29, 1.82) is 0 Å². The van der Waals surface area contributed by atoms with Crippen molar-refractivity contribution in [1.82, 2.24) is 24.3 Å². The molecule has 0 bridgehead atoms. The Bertz CT molecular complexity index is 933. The number of thiazole rings is 1. The number of carbonyl (C=O) groups is 2. The van der Waals surface area contributed by atoms with E-state index in [4.69, 9.17) is 0 Å². The molecule has 2 aromatic rings. The molecule has 3 fully saturated rings. The molecule has 3 aliphatic rings. The maximum Gasteiger partial charge on any atom is 0.231 e. The minimum absolute atomic E-state index is 0.0360. The number of aryl methyl sites for hydroxylation is 2. The zero-order chi connectivity index (χ0) is 19.5. The second kappa shape index (κ2) is 6.40. The summed E-state index contributed by atoms with van der Waals surface area (Å²) in [7, 11) is 1.94. The largest absolute Gasteiger partial charge is 0.341 e. The lowest BCUT2D eigenvalue weighted by Crippen LogP contribution is -2.40. The quantitative estimate of drug-likeness (QED) is 0.788. The van der Waals surface area contributed by atoms with Gasteiger partial charge in [-0.05, 0) is 26.2 Å². The van der Waals surface area contributed by atoms with Gasteiger partial charge in [-0.15, -0.1) is 11.3 Å². The molecule has 0 unspecified atom stereocenters. The van der Waals surface area contributed by atoms with Crippen LogP contribution in [0, 0.1) is 18.3 Å². The van der Waals surface area contributed by atoms with Gasteiger partial charge in [0.15, 0.2) is 0 Å². The van der Waals surface area contributed by atoms with E-state index in [1.165, 1.54) is 0 Å². The van der Waals surface area contributed by atoms with Crippen molar-refractivity contribution in [2.45, 2.75) is 38.6 Å². The molecule has 2 amide bonds. The molecule has 2 saturated heterocycles. The van der Waals surface area contributed by atoms with Crippen molar-refractivity contribution in [3.05, 3.63) is 34.3 Å². The van der Waals surface area contributed by atoms with Gasteiger partial charge >= 0.3 is 0 Å². The van der Waals surface area contributed by atoms with Crippen LogP contribution in [0.15, 0.2) is 17.9 Å². The average Bonchev–Trinajstić information content (AvgIpc) is 2.96. The van der Waals surface area contributed by atoms with Crippen molar-refractivity contribution in [2.24, 2.45) is 18.4 Å². The zero-order valence-electron chi connectivity index (χ0n) is 16.3. The van der Waals surface area contributed by atoms with Gasteiger partial charge in [-0.3, -0.25) is 9.59 Å². The van der Waals surface area contributed by atoms with Crippen LogP contribution in [0.2, 0.25) is 0 Å². The number of nitrogens with zero attached hydrogens (tertiary/aromatic N) is 5. The van der Waals surface area contributed by atoms with Crippen LogP contribution in [0.1, 0.15) is 41.6 Å². The average molecular weight is 400 g/mol. The van der Waals surface area contributed by atoms with Crippen LogP contribution in [0.25, 0.3) is 0 Å². The lowest BCUT2D eigenvalue weighted by atomic mass is 9.75. The van der Waals surface area contributed by atoms with Crippen LogP contribution >= 0.6 is 11.3 Å². The molecule has 0 N–H and O–H groups in total. The molecule has 0 radical (unpaired) electrons. The Morgan fingerprint density at radius 3 is 2.86 bits per heavy atom. The highest BCUT2D eigenvalue weighted by Crippen LogP contribution is 2.50. The van der Waals surface area contributed by atoms with E-state index >= 15 is 0 Å². The number of amides is 2. The first-order valence-corrected chi connectivity index (χ1v) is 10.8. The Balaban J connectivity index is 1.44. The molecule has 148 valence electrons. The maximum atomic E-state index is 13.6. The summed E-state index contributed by atoms with van der Waals surface area (Å²) >= 11 is 1.61. The summed E-state index contributed by atoms with van der Waals surface area (Å²) in [5.74, 6) is 0.510. The minimum Gasteiger partial charge on any atom is -0.341 e. The Morgan fingerprint density at radius 1 is 1.39 bits per heavy atom. The third-order valence-electron chi connectivity index (χ3n) is 6.42. The number of likely N-dealkylation sites (tertiary alicyclic amines) is 2. The van der Waals surface area contributed by atoms with E-state index in [0.29, 0.717) is 26.2 Å². The number of hydrogen-bond donors (Lipinski definition) is 0. The molecule has 7 nitrogen and oxygen atoms in total. The fourth-order valence-corrected chi connectivity index (χ4v) is 5.42. The third-order valence-corrected chi connectivity index (χ3v) is 7.25. The molecule has 4 heterocycles. The third kappa shape index (κ3) is 2.85. The van der Waals surface area contributed by atoms with E-state index in [2.05, 4.69) is 9.97 Å². The first-order valence-electron chi connectivity index (χ1n) is 9.93. The van der Waals surface area contributed by atoms with Gasteiger partial charge in [-0.25, -0.2) is 9.97 Å². The molecule has 1 spiro atoms. The van der Waals surface area contributed by atoms with E-state index in [1.807, 2.05) is 39.9 Å². The summed E-state index contributed by atoms with van der Waals surface area (Å²) in [5, 5.41) is 3.05. The fourth-order valence-electron chi connectivity index (χ4n) is 4.81. The standard InChI is InChI=1S/C20H25N5O2S/c1-13-22-15(10-28-13)7-24-6-5-20(19(24)27)11-25(18(26)14-3-4-14)8-16(20)17-9-23(2)12-21-17/h9-10,12,14,16H,3-8,11H2,1-2H3/t16-,20+/m1/s1. The predicted molar refractivity (Wildman–Crippen MR) is 105 cm³/mol. The molecule has 1 saturated carbocycles. The van der Waals surface area contributed by atoms with Crippen molar-refractivity contribution >= 4 is 23.2 Å². The fraction of sp³-hybridized carbons (Fsp3) is 0.600. The van der Waals surface area contributed by atoms with Crippen LogP contribution < -0.4 is 0 Å². The van der Waals surface area contributed by atoms with Gasteiger partial charge in [0.2, 0.25) is 11.8 Å². The van der Waals surface area contributed by atoms with Gasteiger partial charge in [0.25, 0.3) is 0 Å². The Kier molecular flexibility index (Phi) is 4.08. The van der Waals surface area contributed by atoms with E-state index < -0.39 is 5.41 Å². The number of hydrogen-bond acceptors (Lipinski definition) is 5. The molecular weight excluding hydrogens is 374 g/mol. The van der Waals surface area contributed by atoms with Crippen LogP contribution in [-0.4, -0.2) is 55.8 Å². The van der Waals surface area contributed by atoms with E-state index in [9.17, 15) is 9.59 Å². The highest BCUT2D eigenvalue weighted by Gasteiger charge is 2.59. The maximum absolute atomic E-state index is 13.6. The Labute approximate surface area is 168 Å². The van der Waals surface area contributed by atoms with Gasteiger partial charge in [0.05, 0.1) is 34.7 Å². The van der Waals surface area contributed by atoms with E-state index in [0.717, 1.165) is 35.7 Å².